The second-order valence-electron chi connectivity index (χ2n) is 5.90. The van der Waals surface area contributed by atoms with Gasteiger partial charge in [0.25, 0.3) is 0 Å². The average molecular weight is 330 g/mol. The van der Waals surface area contributed by atoms with E-state index in [2.05, 4.69) is 35.2 Å². The standard InChI is InChI=1S/C16H25Cl2N3/c1-12-11-21(10-9-20(12)3)8-7-15(19-2)13-5-4-6-14(17)16(13)18/h4-6,12,15,19H,7-11H2,1-3H3. The molecule has 0 bridgehead atoms. The summed E-state index contributed by atoms with van der Waals surface area (Å²) >= 11 is 12.5. The van der Waals surface area contributed by atoms with Crippen molar-refractivity contribution in [3.05, 3.63) is 33.8 Å². The Morgan fingerprint density at radius 2 is 2.10 bits per heavy atom. The Balaban J connectivity index is 1.95. The molecule has 1 aliphatic heterocycles. The maximum absolute atomic E-state index is 6.34. The molecule has 1 N–H and O–H groups in total. The van der Waals surface area contributed by atoms with Gasteiger partial charge in [0.2, 0.25) is 0 Å². The van der Waals surface area contributed by atoms with Crippen molar-refractivity contribution in [3.8, 4) is 0 Å². The van der Waals surface area contributed by atoms with E-state index in [1.807, 2.05) is 19.2 Å². The van der Waals surface area contributed by atoms with Crippen molar-refractivity contribution in [2.75, 3.05) is 40.3 Å². The molecule has 5 heteroatoms. The summed E-state index contributed by atoms with van der Waals surface area (Å²) in [5.74, 6) is 0. The molecule has 2 atom stereocenters. The van der Waals surface area contributed by atoms with Gasteiger partial charge in [-0.25, -0.2) is 0 Å². The number of benzene rings is 1. The van der Waals surface area contributed by atoms with Crippen molar-refractivity contribution >= 4 is 23.2 Å². The Morgan fingerprint density at radius 1 is 1.33 bits per heavy atom. The van der Waals surface area contributed by atoms with E-state index in [9.17, 15) is 0 Å². The number of likely N-dealkylation sites (N-methyl/N-ethyl adjacent to an activating group) is 1. The minimum Gasteiger partial charge on any atom is -0.313 e. The van der Waals surface area contributed by atoms with Crippen LogP contribution in [0.3, 0.4) is 0 Å². The quantitative estimate of drug-likeness (QED) is 0.894. The van der Waals surface area contributed by atoms with E-state index in [1.54, 1.807) is 0 Å². The summed E-state index contributed by atoms with van der Waals surface area (Å²) in [4.78, 5) is 4.95. The molecule has 21 heavy (non-hydrogen) atoms. The van der Waals surface area contributed by atoms with Gasteiger partial charge in [0.05, 0.1) is 10.0 Å². The molecule has 0 spiro atoms. The fourth-order valence-electron chi connectivity index (χ4n) is 2.88. The second kappa shape index (κ2) is 7.80. The van der Waals surface area contributed by atoms with E-state index in [1.165, 1.54) is 0 Å². The molecule has 118 valence electrons. The minimum absolute atomic E-state index is 0.242. The van der Waals surface area contributed by atoms with Crippen molar-refractivity contribution < 1.29 is 0 Å². The first kappa shape index (κ1) is 17.0. The van der Waals surface area contributed by atoms with Crippen LogP contribution in [-0.4, -0.2) is 56.1 Å². The average Bonchev–Trinajstić information content (AvgIpc) is 2.47. The van der Waals surface area contributed by atoms with E-state index in [0.717, 1.165) is 38.2 Å². The van der Waals surface area contributed by atoms with Crippen molar-refractivity contribution in [1.82, 2.24) is 15.1 Å². The molecule has 1 aliphatic rings. The number of nitrogens with zero attached hydrogens (tertiary/aromatic N) is 2. The maximum atomic E-state index is 6.34. The lowest BCUT2D eigenvalue weighted by atomic mass is 10.0. The summed E-state index contributed by atoms with van der Waals surface area (Å²) < 4.78 is 0. The molecule has 1 saturated heterocycles. The zero-order chi connectivity index (χ0) is 15.4. The SMILES string of the molecule is CNC(CCN1CCN(C)C(C)C1)c1cccc(Cl)c1Cl. The Morgan fingerprint density at radius 3 is 2.76 bits per heavy atom. The first-order chi connectivity index (χ1) is 10.0. The molecule has 0 radical (unpaired) electrons. The molecule has 0 aromatic heterocycles. The van der Waals surface area contributed by atoms with E-state index in [0.29, 0.717) is 16.1 Å². The molecule has 3 nitrogen and oxygen atoms in total. The Hall–Kier alpha value is -0.320. The van der Waals surface area contributed by atoms with Crippen molar-refractivity contribution in [3.63, 3.8) is 0 Å². The van der Waals surface area contributed by atoms with Crippen LogP contribution in [0.2, 0.25) is 10.0 Å². The van der Waals surface area contributed by atoms with Gasteiger partial charge in [-0.1, -0.05) is 35.3 Å². The van der Waals surface area contributed by atoms with Crippen LogP contribution in [0.15, 0.2) is 18.2 Å². The van der Waals surface area contributed by atoms with E-state index in [-0.39, 0.29) is 6.04 Å². The van der Waals surface area contributed by atoms with E-state index < -0.39 is 0 Å². The number of hydrogen-bond acceptors (Lipinski definition) is 3. The largest absolute Gasteiger partial charge is 0.313 e. The highest BCUT2D eigenvalue weighted by molar-refractivity contribution is 6.42. The highest BCUT2D eigenvalue weighted by atomic mass is 35.5. The third-order valence-corrected chi connectivity index (χ3v) is 5.32. The van der Waals surface area contributed by atoms with Crippen LogP contribution in [0.5, 0.6) is 0 Å². The molecule has 2 rings (SSSR count). The lowest BCUT2D eigenvalue weighted by Crippen LogP contribution is -2.50. The fraction of sp³-hybridized carbons (Fsp3) is 0.625. The fourth-order valence-corrected chi connectivity index (χ4v) is 3.32. The molecular formula is C16H25Cl2N3. The second-order valence-corrected chi connectivity index (χ2v) is 6.69. The highest BCUT2D eigenvalue weighted by Crippen LogP contribution is 2.31. The third kappa shape index (κ3) is 4.33. The number of hydrogen-bond donors (Lipinski definition) is 1. The van der Waals surface area contributed by atoms with Gasteiger partial charge < -0.3 is 15.1 Å². The summed E-state index contributed by atoms with van der Waals surface area (Å²) in [6, 6.07) is 6.73. The van der Waals surface area contributed by atoms with Gasteiger partial charge in [0.1, 0.15) is 0 Å². The number of halogens is 2. The molecular weight excluding hydrogens is 305 g/mol. The maximum Gasteiger partial charge on any atom is 0.0640 e. The molecule has 0 aliphatic carbocycles. The van der Waals surface area contributed by atoms with E-state index >= 15 is 0 Å². The van der Waals surface area contributed by atoms with Gasteiger partial charge in [0, 0.05) is 38.3 Å². The normalized spacial score (nSPS) is 22.4. The molecule has 0 amide bonds. The smallest absolute Gasteiger partial charge is 0.0640 e. The van der Waals surface area contributed by atoms with Crippen LogP contribution in [0.25, 0.3) is 0 Å². The predicted molar refractivity (Wildman–Crippen MR) is 91.4 cm³/mol. The predicted octanol–water partition coefficient (Wildman–Crippen LogP) is 3.28. The van der Waals surface area contributed by atoms with Crippen molar-refractivity contribution in [2.45, 2.75) is 25.4 Å². The summed E-state index contributed by atoms with van der Waals surface area (Å²) in [5.41, 5.74) is 1.09. The number of rotatable bonds is 5. The molecule has 2 unspecified atom stereocenters. The topological polar surface area (TPSA) is 18.5 Å². The number of nitrogens with one attached hydrogen (secondary N) is 1. The van der Waals surface area contributed by atoms with Gasteiger partial charge in [0.15, 0.2) is 0 Å². The van der Waals surface area contributed by atoms with E-state index in [4.69, 9.17) is 23.2 Å². The van der Waals surface area contributed by atoms with Crippen LogP contribution >= 0.6 is 23.2 Å². The monoisotopic (exact) mass is 329 g/mol. The summed E-state index contributed by atoms with van der Waals surface area (Å²) in [5, 5.41) is 4.66. The molecule has 1 aromatic carbocycles. The van der Waals surface area contributed by atoms with Crippen LogP contribution in [-0.2, 0) is 0 Å². The Labute approximate surface area is 138 Å². The Kier molecular flexibility index (Phi) is 6.33. The lowest BCUT2D eigenvalue weighted by Gasteiger charge is -2.38. The van der Waals surface area contributed by atoms with Gasteiger partial charge >= 0.3 is 0 Å². The van der Waals surface area contributed by atoms with Crippen LogP contribution < -0.4 is 5.32 Å². The van der Waals surface area contributed by atoms with Gasteiger partial charge in [-0.3, -0.25) is 0 Å². The zero-order valence-electron chi connectivity index (χ0n) is 13.1. The van der Waals surface area contributed by atoms with Gasteiger partial charge in [-0.15, -0.1) is 0 Å². The van der Waals surface area contributed by atoms with Crippen LogP contribution in [0.1, 0.15) is 24.9 Å². The lowest BCUT2D eigenvalue weighted by molar-refractivity contribution is 0.102. The van der Waals surface area contributed by atoms with Crippen LogP contribution in [0.4, 0.5) is 0 Å². The summed E-state index contributed by atoms with van der Waals surface area (Å²) in [7, 11) is 4.18. The zero-order valence-corrected chi connectivity index (χ0v) is 14.6. The number of piperazine rings is 1. The Bertz CT molecular complexity index is 467. The minimum atomic E-state index is 0.242. The molecule has 1 heterocycles. The highest BCUT2D eigenvalue weighted by Gasteiger charge is 2.22. The molecule has 0 saturated carbocycles. The van der Waals surface area contributed by atoms with Crippen molar-refractivity contribution in [2.24, 2.45) is 0 Å². The summed E-state index contributed by atoms with van der Waals surface area (Å²) in [6.07, 6.45) is 1.03. The third-order valence-electron chi connectivity index (χ3n) is 4.48. The first-order valence-corrected chi connectivity index (χ1v) is 8.32. The van der Waals surface area contributed by atoms with Gasteiger partial charge in [-0.05, 0) is 39.1 Å². The van der Waals surface area contributed by atoms with Crippen molar-refractivity contribution in [1.29, 1.82) is 0 Å². The summed E-state index contributed by atoms with van der Waals surface area (Å²) in [6.45, 7) is 6.78. The molecule has 1 fully saturated rings. The first-order valence-electron chi connectivity index (χ1n) is 7.56. The van der Waals surface area contributed by atoms with Crippen LogP contribution in [0, 0.1) is 0 Å². The van der Waals surface area contributed by atoms with Gasteiger partial charge in [-0.2, -0.15) is 0 Å². The molecule has 1 aromatic rings.